The summed E-state index contributed by atoms with van der Waals surface area (Å²) in [6, 6.07) is 1.64. The van der Waals surface area contributed by atoms with Crippen molar-refractivity contribution in [2.45, 2.75) is 20.3 Å². The van der Waals surface area contributed by atoms with E-state index >= 15 is 0 Å². The van der Waals surface area contributed by atoms with Gasteiger partial charge in [-0.05, 0) is 13.8 Å². The van der Waals surface area contributed by atoms with Crippen molar-refractivity contribution in [2.75, 3.05) is 5.73 Å². The minimum absolute atomic E-state index is 0.385. The van der Waals surface area contributed by atoms with Gasteiger partial charge in [0.15, 0.2) is 0 Å². The summed E-state index contributed by atoms with van der Waals surface area (Å²) in [5.74, 6) is -0.447. The van der Waals surface area contributed by atoms with Crippen molar-refractivity contribution >= 4 is 11.8 Å². The third kappa shape index (κ3) is 2.21. The summed E-state index contributed by atoms with van der Waals surface area (Å²) in [6.07, 6.45) is 0.395. The fraction of sp³-hybridized carbons (Fsp3) is 0.500. The van der Waals surface area contributed by atoms with Crippen LogP contribution in [-0.2, 0) is 11.2 Å². The second-order valence-corrected chi connectivity index (χ2v) is 3.68. The van der Waals surface area contributed by atoms with Gasteiger partial charge < -0.3 is 10.8 Å². The molecule has 0 saturated heterocycles. The first kappa shape index (κ1) is 9.57. The molecule has 1 aromatic heterocycles. The molecule has 0 atom stereocenters. The molecule has 1 heterocycles. The van der Waals surface area contributed by atoms with Crippen molar-refractivity contribution in [3.63, 3.8) is 0 Å². The minimum Gasteiger partial charge on any atom is -0.481 e. The van der Waals surface area contributed by atoms with E-state index in [1.54, 1.807) is 19.9 Å². The largest absolute Gasteiger partial charge is 0.481 e. The van der Waals surface area contributed by atoms with Crippen molar-refractivity contribution in [3.8, 4) is 0 Å². The van der Waals surface area contributed by atoms with Crippen molar-refractivity contribution in [1.29, 1.82) is 0 Å². The van der Waals surface area contributed by atoms with Gasteiger partial charge >= 0.3 is 5.97 Å². The Hall–Kier alpha value is -1.52. The van der Waals surface area contributed by atoms with Gasteiger partial charge in [0.2, 0.25) is 0 Å². The predicted molar refractivity (Wildman–Crippen MR) is 48.1 cm³/mol. The Morgan fingerprint density at radius 2 is 2.38 bits per heavy atom. The smallest absolute Gasteiger partial charge is 0.309 e. The van der Waals surface area contributed by atoms with Crippen LogP contribution in [0.1, 0.15) is 19.5 Å². The van der Waals surface area contributed by atoms with Crippen LogP contribution >= 0.6 is 0 Å². The van der Waals surface area contributed by atoms with Gasteiger partial charge in [-0.3, -0.25) is 9.89 Å². The topological polar surface area (TPSA) is 92.0 Å². The second-order valence-electron chi connectivity index (χ2n) is 3.68. The highest BCUT2D eigenvalue weighted by Gasteiger charge is 2.27. The first-order valence-corrected chi connectivity index (χ1v) is 3.95. The highest BCUT2D eigenvalue weighted by atomic mass is 16.4. The summed E-state index contributed by atoms with van der Waals surface area (Å²) in [5.41, 5.74) is 5.33. The van der Waals surface area contributed by atoms with Gasteiger partial charge in [0.05, 0.1) is 5.41 Å². The summed E-state index contributed by atoms with van der Waals surface area (Å²) in [7, 11) is 0. The molecule has 0 radical (unpaired) electrons. The number of hydrogen-bond acceptors (Lipinski definition) is 3. The number of aromatic nitrogens is 2. The Kier molecular flexibility index (Phi) is 2.27. The van der Waals surface area contributed by atoms with Crippen LogP contribution in [-0.4, -0.2) is 21.3 Å². The molecule has 13 heavy (non-hydrogen) atoms. The molecule has 1 aromatic rings. The highest BCUT2D eigenvalue weighted by molar-refractivity contribution is 5.73. The summed E-state index contributed by atoms with van der Waals surface area (Å²) < 4.78 is 0. The van der Waals surface area contributed by atoms with Gasteiger partial charge in [0.25, 0.3) is 0 Å². The van der Waals surface area contributed by atoms with E-state index in [9.17, 15) is 4.79 Å². The molecule has 5 nitrogen and oxygen atoms in total. The molecule has 0 fully saturated rings. The number of nitrogens with two attached hydrogens (primary N) is 1. The summed E-state index contributed by atoms with van der Waals surface area (Å²) >= 11 is 0. The molecule has 72 valence electrons. The number of H-pyrrole nitrogens is 1. The van der Waals surface area contributed by atoms with Crippen molar-refractivity contribution in [3.05, 3.63) is 11.8 Å². The van der Waals surface area contributed by atoms with E-state index in [1.165, 1.54) is 0 Å². The number of nitrogens with zero attached hydrogens (tertiary/aromatic N) is 1. The number of anilines is 1. The van der Waals surface area contributed by atoms with E-state index < -0.39 is 11.4 Å². The number of nitrogen functional groups attached to an aromatic ring is 1. The maximum Gasteiger partial charge on any atom is 0.309 e. The zero-order valence-electron chi connectivity index (χ0n) is 7.66. The van der Waals surface area contributed by atoms with Crippen LogP contribution in [0.4, 0.5) is 5.82 Å². The molecular weight excluding hydrogens is 170 g/mol. The zero-order chi connectivity index (χ0) is 10.1. The lowest BCUT2D eigenvalue weighted by Gasteiger charge is -2.17. The summed E-state index contributed by atoms with van der Waals surface area (Å²) in [6.45, 7) is 3.32. The van der Waals surface area contributed by atoms with E-state index in [-0.39, 0.29) is 0 Å². The van der Waals surface area contributed by atoms with E-state index in [1.807, 2.05) is 0 Å². The van der Waals surface area contributed by atoms with E-state index in [2.05, 4.69) is 10.2 Å². The standard InChI is InChI=1S/C8H13N3O2/c1-8(2,7(12)13)4-5-3-6(9)11-10-5/h3H,4H2,1-2H3,(H,12,13)(H3,9,10,11). The van der Waals surface area contributed by atoms with Crippen LogP contribution in [0.25, 0.3) is 0 Å². The van der Waals surface area contributed by atoms with Crippen LogP contribution in [0.3, 0.4) is 0 Å². The molecule has 0 aliphatic carbocycles. The number of carboxylic acids is 1. The molecule has 0 aromatic carbocycles. The first-order chi connectivity index (χ1) is 5.92. The van der Waals surface area contributed by atoms with Crippen LogP contribution in [0.2, 0.25) is 0 Å². The Bertz CT molecular complexity index is 317. The van der Waals surface area contributed by atoms with E-state index in [0.29, 0.717) is 12.2 Å². The van der Waals surface area contributed by atoms with Gasteiger partial charge in [-0.25, -0.2) is 0 Å². The molecular formula is C8H13N3O2. The Morgan fingerprint density at radius 3 is 2.77 bits per heavy atom. The Labute approximate surface area is 75.9 Å². The molecule has 0 amide bonds. The molecule has 1 rings (SSSR count). The number of carbonyl (C=O) groups is 1. The molecule has 0 spiro atoms. The first-order valence-electron chi connectivity index (χ1n) is 3.95. The van der Waals surface area contributed by atoms with Crippen LogP contribution in [0, 0.1) is 5.41 Å². The monoisotopic (exact) mass is 183 g/mol. The molecule has 0 aliphatic heterocycles. The normalized spacial score (nSPS) is 11.5. The third-order valence-electron chi connectivity index (χ3n) is 1.86. The Balaban J connectivity index is 2.74. The molecule has 0 saturated carbocycles. The second kappa shape index (κ2) is 3.08. The number of aliphatic carboxylic acids is 1. The van der Waals surface area contributed by atoms with E-state index in [4.69, 9.17) is 10.8 Å². The fourth-order valence-corrected chi connectivity index (χ4v) is 1.02. The number of hydrogen-bond donors (Lipinski definition) is 3. The van der Waals surface area contributed by atoms with E-state index in [0.717, 1.165) is 5.69 Å². The average molecular weight is 183 g/mol. The van der Waals surface area contributed by atoms with Crippen LogP contribution in [0.5, 0.6) is 0 Å². The van der Waals surface area contributed by atoms with Crippen LogP contribution < -0.4 is 5.73 Å². The molecule has 0 aliphatic rings. The van der Waals surface area contributed by atoms with Gasteiger partial charge in [-0.2, -0.15) is 5.10 Å². The van der Waals surface area contributed by atoms with Crippen LogP contribution in [0.15, 0.2) is 6.07 Å². The highest BCUT2D eigenvalue weighted by Crippen LogP contribution is 2.21. The maximum atomic E-state index is 10.8. The van der Waals surface area contributed by atoms with Gasteiger partial charge in [0.1, 0.15) is 5.82 Å². The maximum absolute atomic E-state index is 10.8. The lowest BCUT2D eigenvalue weighted by Crippen LogP contribution is -2.26. The lowest BCUT2D eigenvalue weighted by atomic mass is 9.88. The molecule has 0 unspecified atom stereocenters. The number of carboxylic acid groups (broad SMARTS) is 1. The predicted octanol–water partition coefficient (Wildman–Crippen LogP) is 0.645. The molecule has 0 bridgehead atoms. The van der Waals surface area contributed by atoms with Gasteiger partial charge in [-0.1, -0.05) is 0 Å². The van der Waals surface area contributed by atoms with Gasteiger partial charge in [-0.15, -0.1) is 0 Å². The zero-order valence-corrected chi connectivity index (χ0v) is 7.66. The number of nitrogens with one attached hydrogen (secondary N) is 1. The van der Waals surface area contributed by atoms with Gasteiger partial charge in [0, 0.05) is 18.2 Å². The minimum atomic E-state index is -0.833. The quantitative estimate of drug-likeness (QED) is 0.641. The lowest BCUT2D eigenvalue weighted by molar-refractivity contribution is -0.146. The molecule has 4 N–H and O–H groups in total. The third-order valence-corrected chi connectivity index (χ3v) is 1.86. The average Bonchev–Trinajstić information content (AvgIpc) is 2.34. The summed E-state index contributed by atoms with van der Waals surface area (Å²) in [5, 5.41) is 15.2. The number of rotatable bonds is 3. The molecule has 5 heteroatoms. The fourth-order valence-electron chi connectivity index (χ4n) is 1.02. The Morgan fingerprint density at radius 1 is 1.77 bits per heavy atom. The number of aromatic amines is 1. The van der Waals surface area contributed by atoms with Crippen molar-refractivity contribution in [2.24, 2.45) is 5.41 Å². The van der Waals surface area contributed by atoms with Crippen molar-refractivity contribution < 1.29 is 9.90 Å². The SMILES string of the molecule is CC(C)(Cc1cc(N)n[nH]1)C(=O)O. The van der Waals surface area contributed by atoms with Crippen molar-refractivity contribution in [1.82, 2.24) is 10.2 Å². The summed E-state index contributed by atoms with van der Waals surface area (Å²) in [4.78, 5) is 10.8.